The molecule has 0 amide bonds. The maximum absolute atomic E-state index is 13.8. The van der Waals surface area contributed by atoms with Crippen LogP contribution in [0.5, 0.6) is 0 Å². The number of likely N-dealkylation sites (N-methyl/N-ethyl adjacent to an activating group) is 1. The van der Waals surface area contributed by atoms with Gasteiger partial charge in [-0.3, -0.25) is 0 Å². The maximum atomic E-state index is 13.8. The van der Waals surface area contributed by atoms with E-state index in [0.29, 0.717) is 25.8 Å². The molecule has 1 heterocycles. The highest BCUT2D eigenvalue weighted by atomic mass is 79.9. The minimum absolute atomic E-state index is 0.0819. The summed E-state index contributed by atoms with van der Waals surface area (Å²) >= 11 is 2.90. The second kappa shape index (κ2) is 6.66. The molecular weight excluding hydrogens is 370 g/mol. The normalized spacial score (nSPS) is 20.0. The Hall–Kier alpha value is -0.610. The molecule has 0 aromatic heterocycles. The van der Waals surface area contributed by atoms with Crippen molar-refractivity contribution in [1.82, 2.24) is 9.62 Å². The molecule has 1 aliphatic rings. The number of hydrogen-bond acceptors (Lipinski definition) is 4. The van der Waals surface area contributed by atoms with Crippen LogP contribution in [0.25, 0.3) is 0 Å². The fourth-order valence-corrected chi connectivity index (χ4v) is 4.36. The van der Waals surface area contributed by atoms with Gasteiger partial charge in [-0.25, -0.2) is 17.2 Å². The summed E-state index contributed by atoms with van der Waals surface area (Å²) in [4.78, 5) is -0.574. The Labute approximate surface area is 130 Å². The lowest BCUT2D eigenvalue weighted by Crippen LogP contribution is -2.45. The van der Waals surface area contributed by atoms with Crippen LogP contribution >= 0.6 is 15.9 Å². The lowest BCUT2D eigenvalue weighted by Gasteiger charge is -2.27. The van der Waals surface area contributed by atoms with E-state index in [0.717, 1.165) is 10.4 Å². The van der Waals surface area contributed by atoms with Gasteiger partial charge in [-0.1, -0.05) is 0 Å². The number of ether oxygens (including phenoxy) is 1. The fourth-order valence-electron chi connectivity index (χ4n) is 2.05. The molecule has 0 radical (unpaired) electrons. The fraction of sp³-hybridized carbons (Fsp3) is 0.500. The number of benzene rings is 1. The predicted octanol–water partition coefficient (Wildman–Crippen LogP) is 1.34. The number of halogens is 3. The molecule has 1 aromatic rings. The molecule has 1 saturated heterocycles. The summed E-state index contributed by atoms with van der Waals surface area (Å²) < 4.78 is 58.0. The summed E-state index contributed by atoms with van der Waals surface area (Å²) in [6.07, 6.45) is -0.305. The summed E-state index contributed by atoms with van der Waals surface area (Å²) in [6.45, 7) is 1.81. The largest absolute Gasteiger partial charge is 0.374 e. The molecule has 118 valence electrons. The smallest absolute Gasteiger partial charge is 0.246 e. The number of morpholine rings is 1. The van der Waals surface area contributed by atoms with E-state index < -0.39 is 26.6 Å². The van der Waals surface area contributed by atoms with E-state index >= 15 is 0 Å². The van der Waals surface area contributed by atoms with Gasteiger partial charge in [0.05, 0.1) is 12.7 Å². The molecule has 1 aromatic carbocycles. The third-order valence-electron chi connectivity index (χ3n) is 3.10. The van der Waals surface area contributed by atoms with Gasteiger partial charge in [-0.05, 0) is 22.0 Å². The summed E-state index contributed by atoms with van der Waals surface area (Å²) in [5.74, 6) is -1.97. The van der Waals surface area contributed by atoms with Crippen molar-refractivity contribution in [2.45, 2.75) is 11.0 Å². The van der Waals surface area contributed by atoms with Gasteiger partial charge in [0.2, 0.25) is 10.0 Å². The van der Waals surface area contributed by atoms with Crippen LogP contribution < -0.4 is 5.32 Å². The average molecular weight is 385 g/mol. The molecule has 0 bridgehead atoms. The van der Waals surface area contributed by atoms with Gasteiger partial charge in [0.25, 0.3) is 0 Å². The van der Waals surface area contributed by atoms with Crippen molar-refractivity contribution in [3.05, 3.63) is 28.2 Å². The zero-order valence-electron chi connectivity index (χ0n) is 11.3. The van der Waals surface area contributed by atoms with Gasteiger partial charge in [-0.15, -0.1) is 0 Å². The van der Waals surface area contributed by atoms with Crippen molar-refractivity contribution >= 4 is 26.0 Å². The van der Waals surface area contributed by atoms with E-state index in [4.69, 9.17) is 4.74 Å². The Bertz CT molecular complexity index is 598. The van der Waals surface area contributed by atoms with E-state index in [2.05, 4.69) is 21.2 Å². The summed E-state index contributed by atoms with van der Waals surface area (Å²) in [5, 5.41) is 3.08. The molecule has 1 aliphatic heterocycles. The Morgan fingerprint density at radius 1 is 1.48 bits per heavy atom. The van der Waals surface area contributed by atoms with Gasteiger partial charge < -0.3 is 10.1 Å². The van der Waals surface area contributed by atoms with Crippen LogP contribution in [0, 0.1) is 11.6 Å². The minimum Gasteiger partial charge on any atom is -0.374 e. The Morgan fingerprint density at radius 3 is 2.76 bits per heavy atom. The van der Waals surface area contributed by atoms with Crippen LogP contribution in [0.1, 0.15) is 0 Å². The molecule has 1 fully saturated rings. The molecular formula is C12H15BrF2N2O3S. The number of nitrogens with one attached hydrogen (secondary N) is 1. The zero-order valence-corrected chi connectivity index (χ0v) is 13.7. The molecule has 2 rings (SSSR count). The molecule has 1 unspecified atom stereocenters. The third kappa shape index (κ3) is 3.78. The number of hydrogen-bond donors (Lipinski definition) is 1. The molecule has 0 saturated carbocycles. The Morgan fingerprint density at radius 2 is 2.19 bits per heavy atom. The van der Waals surface area contributed by atoms with E-state index in [9.17, 15) is 17.2 Å². The third-order valence-corrected chi connectivity index (χ3v) is 5.88. The number of rotatable bonds is 4. The van der Waals surface area contributed by atoms with Gasteiger partial charge >= 0.3 is 0 Å². The van der Waals surface area contributed by atoms with Crippen molar-refractivity contribution in [3.8, 4) is 0 Å². The first-order valence-corrected chi connectivity index (χ1v) is 8.49. The average Bonchev–Trinajstić information content (AvgIpc) is 2.38. The second-order valence-electron chi connectivity index (χ2n) is 4.68. The van der Waals surface area contributed by atoms with Gasteiger partial charge in [-0.2, -0.15) is 4.31 Å². The molecule has 0 spiro atoms. The maximum Gasteiger partial charge on any atom is 0.246 e. The standard InChI is InChI=1S/C12H15BrF2N2O3S/c1-17(7-9-6-16-2-3-20-9)21(18,19)12-10(13)4-8(14)5-11(12)15/h4-5,9,16H,2-3,6-7H2,1H3. The SMILES string of the molecule is CN(CC1CNCCO1)S(=O)(=O)c1c(F)cc(F)cc1Br. The second-order valence-corrected chi connectivity index (χ2v) is 7.52. The predicted molar refractivity (Wildman–Crippen MR) is 76.5 cm³/mol. The van der Waals surface area contributed by atoms with Gasteiger partial charge in [0.15, 0.2) is 0 Å². The molecule has 21 heavy (non-hydrogen) atoms. The first kappa shape index (κ1) is 16.8. The lowest BCUT2D eigenvalue weighted by atomic mass is 10.3. The van der Waals surface area contributed by atoms with Crippen LogP contribution in [0.2, 0.25) is 0 Å². The van der Waals surface area contributed by atoms with Crippen LogP contribution in [0.15, 0.2) is 21.5 Å². The highest BCUT2D eigenvalue weighted by molar-refractivity contribution is 9.10. The van der Waals surface area contributed by atoms with Crippen LogP contribution in [-0.2, 0) is 14.8 Å². The van der Waals surface area contributed by atoms with Crippen molar-refractivity contribution in [3.63, 3.8) is 0 Å². The quantitative estimate of drug-likeness (QED) is 0.850. The van der Waals surface area contributed by atoms with Crippen LogP contribution in [0.4, 0.5) is 8.78 Å². The van der Waals surface area contributed by atoms with Crippen molar-refractivity contribution in [1.29, 1.82) is 0 Å². The van der Waals surface area contributed by atoms with Crippen molar-refractivity contribution in [2.24, 2.45) is 0 Å². The van der Waals surface area contributed by atoms with Crippen LogP contribution in [-0.4, -0.2) is 52.1 Å². The highest BCUT2D eigenvalue weighted by Gasteiger charge is 2.30. The van der Waals surface area contributed by atoms with E-state index in [1.54, 1.807) is 0 Å². The zero-order chi connectivity index (χ0) is 15.6. The van der Waals surface area contributed by atoms with Gasteiger partial charge in [0.1, 0.15) is 16.5 Å². The summed E-state index contributed by atoms with van der Waals surface area (Å²) in [7, 11) is -2.74. The monoisotopic (exact) mass is 384 g/mol. The van der Waals surface area contributed by atoms with E-state index in [1.165, 1.54) is 7.05 Å². The van der Waals surface area contributed by atoms with E-state index in [1.807, 2.05) is 0 Å². The topological polar surface area (TPSA) is 58.6 Å². The van der Waals surface area contributed by atoms with E-state index in [-0.39, 0.29) is 17.1 Å². The highest BCUT2D eigenvalue weighted by Crippen LogP contribution is 2.28. The molecule has 1 atom stereocenters. The summed E-state index contributed by atoms with van der Waals surface area (Å²) in [6, 6.07) is 1.46. The minimum atomic E-state index is -4.08. The molecule has 0 aliphatic carbocycles. The number of sulfonamides is 1. The first-order valence-electron chi connectivity index (χ1n) is 6.25. The molecule has 5 nitrogen and oxygen atoms in total. The van der Waals surface area contributed by atoms with Crippen molar-refractivity contribution < 1.29 is 21.9 Å². The lowest BCUT2D eigenvalue weighted by molar-refractivity contribution is 0.0206. The molecule has 9 heteroatoms. The summed E-state index contributed by atoms with van der Waals surface area (Å²) in [5.41, 5.74) is 0. The number of nitrogens with zero attached hydrogens (tertiary/aromatic N) is 1. The molecule has 1 N–H and O–H groups in total. The van der Waals surface area contributed by atoms with Crippen LogP contribution in [0.3, 0.4) is 0 Å². The Balaban J connectivity index is 2.24. The van der Waals surface area contributed by atoms with Gasteiger partial charge in [0, 0.05) is 37.2 Å². The Kier molecular flexibility index (Phi) is 5.31. The first-order chi connectivity index (χ1) is 9.82. The van der Waals surface area contributed by atoms with Crippen molar-refractivity contribution in [2.75, 3.05) is 33.3 Å².